The van der Waals surface area contributed by atoms with Gasteiger partial charge in [0.1, 0.15) is 0 Å². The third-order valence-electron chi connectivity index (χ3n) is 5.63. The molecule has 1 aliphatic rings. The quantitative estimate of drug-likeness (QED) is 0.613. The lowest BCUT2D eigenvalue weighted by atomic mass is 9.98. The van der Waals surface area contributed by atoms with Gasteiger partial charge >= 0.3 is 0 Å². The highest BCUT2D eigenvalue weighted by Crippen LogP contribution is 2.26. The summed E-state index contributed by atoms with van der Waals surface area (Å²) in [5.74, 6) is -0.113. The molecule has 2 amide bonds. The summed E-state index contributed by atoms with van der Waals surface area (Å²) in [6, 6.07) is 15.7. The minimum atomic E-state index is -0.162. The third kappa shape index (κ3) is 4.43. The van der Waals surface area contributed by atoms with Crippen molar-refractivity contribution >= 4 is 23.6 Å². The van der Waals surface area contributed by atoms with Crippen molar-refractivity contribution in [3.8, 4) is 5.69 Å². The number of amides is 2. The van der Waals surface area contributed by atoms with E-state index in [-0.39, 0.29) is 17.9 Å². The van der Waals surface area contributed by atoms with Gasteiger partial charge in [-0.25, -0.2) is 4.68 Å². The highest BCUT2D eigenvalue weighted by molar-refractivity contribution is 5.94. The molecular weight excluding hydrogens is 388 g/mol. The SMILES string of the molecule is Cc1nn(-c2ccccc2)c(C)c1C=CC(=O)NC(C)c1ccc2c(c1)CCC(=O)N2. The van der Waals surface area contributed by atoms with Crippen LogP contribution in [0.2, 0.25) is 0 Å². The van der Waals surface area contributed by atoms with Crippen LogP contribution in [0.15, 0.2) is 54.6 Å². The molecule has 2 aromatic carbocycles. The van der Waals surface area contributed by atoms with E-state index >= 15 is 0 Å². The number of hydrogen-bond acceptors (Lipinski definition) is 3. The van der Waals surface area contributed by atoms with E-state index in [1.165, 1.54) is 0 Å². The van der Waals surface area contributed by atoms with Crippen molar-refractivity contribution in [1.29, 1.82) is 0 Å². The van der Waals surface area contributed by atoms with Crippen molar-refractivity contribution in [1.82, 2.24) is 15.1 Å². The summed E-state index contributed by atoms with van der Waals surface area (Å²) in [4.78, 5) is 24.1. The standard InChI is InChI=1S/C25H26N4O2/c1-16(19-9-12-23-20(15-19)10-13-25(31)27-23)26-24(30)14-11-22-17(2)28-29(18(22)3)21-7-5-4-6-8-21/h4-9,11-12,14-16H,10,13H2,1-3H3,(H,26,30)(H,27,31). The summed E-state index contributed by atoms with van der Waals surface area (Å²) in [7, 11) is 0. The molecule has 0 bridgehead atoms. The Bertz CT molecular complexity index is 1160. The van der Waals surface area contributed by atoms with Gasteiger partial charge in [0.15, 0.2) is 0 Å². The summed E-state index contributed by atoms with van der Waals surface area (Å²) in [5.41, 5.74) is 6.77. The molecule has 1 aromatic heterocycles. The molecule has 0 spiro atoms. The van der Waals surface area contributed by atoms with Gasteiger partial charge in [0.05, 0.1) is 17.4 Å². The lowest BCUT2D eigenvalue weighted by molar-refractivity contribution is -0.117. The zero-order valence-corrected chi connectivity index (χ0v) is 18.0. The van der Waals surface area contributed by atoms with E-state index in [4.69, 9.17) is 0 Å². The first kappa shape index (κ1) is 20.6. The Morgan fingerprint density at radius 2 is 1.94 bits per heavy atom. The van der Waals surface area contributed by atoms with Crippen LogP contribution in [0.4, 0.5) is 5.69 Å². The highest BCUT2D eigenvalue weighted by atomic mass is 16.2. The van der Waals surface area contributed by atoms with E-state index in [0.29, 0.717) is 6.42 Å². The predicted octanol–water partition coefficient (Wildman–Crippen LogP) is 4.26. The minimum absolute atomic E-state index is 0.0490. The van der Waals surface area contributed by atoms with Crippen LogP contribution in [0.3, 0.4) is 0 Å². The maximum atomic E-state index is 12.5. The van der Waals surface area contributed by atoms with E-state index in [9.17, 15) is 9.59 Å². The number of anilines is 1. The molecule has 0 fully saturated rings. The van der Waals surface area contributed by atoms with Gasteiger partial charge < -0.3 is 10.6 Å². The number of aromatic nitrogens is 2. The lowest BCUT2D eigenvalue weighted by Gasteiger charge is -2.20. The Kier molecular flexibility index (Phi) is 5.71. The number of carbonyl (C=O) groups is 2. The van der Waals surface area contributed by atoms with E-state index < -0.39 is 0 Å². The molecule has 6 nitrogen and oxygen atoms in total. The molecule has 158 valence electrons. The van der Waals surface area contributed by atoms with Crippen LogP contribution in [-0.4, -0.2) is 21.6 Å². The molecule has 3 aromatic rings. The molecule has 1 atom stereocenters. The molecule has 0 radical (unpaired) electrons. The van der Waals surface area contributed by atoms with Crippen molar-refractivity contribution < 1.29 is 9.59 Å². The average Bonchev–Trinajstić information content (AvgIpc) is 3.05. The van der Waals surface area contributed by atoms with Gasteiger partial charge in [-0.1, -0.05) is 30.3 Å². The second-order valence-corrected chi connectivity index (χ2v) is 7.86. The summed E-state index contributed by atoms with van der Waals surface area (Å²) in [5, 5.41) is 10.5. The smallest absolute Gasteiger partial charge is 0.244 e. The van der Waals surface area contributed by atoms with Crippen molar-refractivity contribution in [2.24, 2.45) is 0 Å². The Hall–Kier alpha value is -3.67. The minimum Gasteiger partial charge on any atom is -0.346 e. The highest BCUT2D eigenvalue weighted by Gasteiger charge is 2.17. The summed E-state index contributed by atoms with van der Waals surface area (Å²) < 4.78 is 1.89. The topological polar surface area (TPSA) is 76.0 Å². The second kappa shape index (κ2) is 8.60. The number of benzene rings is 2. The first-order valence-corrected chi connectivity index (χ1v) is 10.5. The molecule has 2 N–H and O–H groups in total. The zero-order chi connectivity index (χ0) is 22.0. The molecule has 1 aliphatic heterocycles. The molecule has 2 heterocycles. The Labute approximate surface area is 182 Å². The first-order chi connectivity index (χ1) is 14.9. The van der Waals surface area contributed by atoms with Crippen LogP contribution in [0.1, 0.15) is 47.5 Å². The van der Waals surface area contributed by atoms with Crippen LogP contribution in [0.5, 0.6) is 0 Å². The largest absolute Gasteiger partial charge is 0.346 e. The molecule has 0 saturated carbocycles. The van der Waals surface area contributed by atoms with Gasteiger partial charge in [0, 0.05) is 29.4 Å². The number of aryl methyl sites for hydroxylation is 2. The Morgan fingerprint density at radius 1 is 1.16 bits per heavy atom. The number of nitrogens with one attached hydrogen (secondary N) is 2. The second-order valence-electron chi connectivity index (χ2n) is 7.86. The zero-order valence-electron chi connectivity index (χ0n) is 18.0. The van der Waals surface area contributed by atoms with E-state index in [1.54, 1.807) is 6.08 Å². The molecule has 0 saturated heterocycles. The average molecular weight is 415 g/mol. The van der Waals surface area contributed by atoms with E-state index in [1.807, 2.05) is 74.0 Å². The number of rotatable bonds is 5. The van der Waals surface area contributed by atoms with Gasteiger partial charge in [-0.2, -0.15) is 5.10 Å². The Morgan fingerprint density at radius 3 is 2.71 bits per heavy atom. The van der Waals surface area contributed by atoms with Crippen LogP contribution in [0.25, 0.3) is 11.8 Å². The lowest BCUT2D eigenvalue weighted by Crippen LogP contribution is -2.25. The monoisotopic (exact) mass is 414 g/mol. The predicted molar refractivity (Wildman–Crippen MR) is 122 cm³/mol. The van der Waals surface area contributed by atoms with Crippen LogP contribution in [0, 0.1) is 13.8 Å². The fourth-order valence-electron chi connectivity index (χ4n) is 3.89. The van der Waals surface area contributed by atoms with E-state index in [0.717, 1.165) is 45.9 Å². The molecule has 1 unspecified atom stereocenters. The maximum Gasteiger partial charge on any atom is 0.244 e. The maximum absolute atomic E-state index is 12.5. The van der Waals surface area contributed by atoms with Crippen molar-refractivity contribution in [3.05, 3.63) is 82.7 Å². The number of carbonyl (C=O) groups excluding carboxylic acids is 2. The molecular formula is C25H26N4O2. The fraction of sp³-hybridized carbons (Fsp3) is 0.240. The number of para-hydroxylation sites is 1. The molecule has 4 rings (SSSR count). The fourth-order valence-corrected chi connectivity index (χ4v) is 3.89. The normalized spacial score (nSPS) is 14.2. The number of hydrogen-bond donors (Lipinski definition) is 2. The van der Waals surface area contributed by atoms with Gasteiger partial charge in [0.2, 0.25) is 11.8 Å². The van der Waals surface area contributed by atoms with Gasteiger partial charge in [-0.05, 0) is 62.6 Å². The van der Waals surface area contributed by atoms with Crippen molar-refractivity contribution in [3.63, 3.8) is 0 Å². The Balaban J connectivity index is 1.46. The number of fused-ring (bicyclic) bond motifs is 1. The van der Waals surface area contributed by atoms with E-state index in [2.05, 4.69) is 21.8 Å². The van der Waals surface area contributed by atoms with Gasteiger partial charge in [-0.15, -0.1) is 0 Å². The summed E-state index contributed by atoms with van der Waals surface area (Å²) >= 11 is 0. The van der Waals surface area contributed by atoms with Crippen molar-refractivity contribution in [2.75, 3.05) is 5.32 Å². The van der Waals surface area contributed by atoms with Gasteiger partial charge in [-0.3, -0.25) is 9.59 Å². The summed E-state index contributed by atoms with van der Waals surface area (Å²) in [6.07, 6.45) is 4.60. The third-order valence-corrected chi connectivity index (χ3v) is 5.63. The molecule has 31 heavy (non-hydrogen) atoms. The summed E-state index contributed by atoms with van der Waals surface area (Å²) in [6.45, 7) is 5.90. The molecule has 0 aliphatic carbocycles. The number of nitrogens with zero attached hydrogens (tertiary/aromatic N) is 2. The van der Waals surface area contributed by atoms with Crippen LogP contribution in [-0.2, 0) is 16.0 Å². The van der Waals surface area contributed by atoms with Crippen molar-refractivity contribution in [2.45, 2.75) is 39.7 Å². The first-order valence-electron chi connectivity index (χ1n) is 10.5. The van der Waals surface area contributed by atoms with Crippen LogP contribution < -0.4 is 10.6 Å². The molecule has 6 heteroatoms. The van der Waals surface area contributed by atoms with Crippen LogP contribution >= 0.6 is 0 Å². The van der Waals surface area contributed by atoms with Gasteiger partial charge in [0.25, 0.3) is 0 Å².